The topological polar surface area (TPSA) is 101 Å². The lowest BCUT2D eigenvalue weighted by atomic mass is 10.1. The van der Waals surface area contributed by atoms with E-state index in [1.807, 2.05) is 60.0 Å². The first-order valence-electron chi connectivity index (χ1n) is 12.3. The predicted molar refractivity (Wildman–Crippen MR) is 147 cm³/mol. The highest BCUT2D eigenvalue weighted by molar-refractivity contribution is 7.07. The lowest BCUT2D eigenvalue weighted by Crippen LogP contribution is -2.31. The van der Waals surface area contributed by atoms with Gasteiger partial charge in [0.05, 0.1) is 29.0 Å². The first kappa shape index (κ1) is 23.8. The summed E-state index contributed by atoms with van der Waals surface area (Å²) in [6.45, 7) is 2.72. The van der Waals surface area contributed by atoms with E-state index < -0.39 is 0 Å². The minimum Gasteiger partial charge on any atom is -0.482 e. The van der Waals surface area contributed by atoms with Crippen LogP contribution in [0.4, 0.5) is 17.1 Å². The molecule has 0 bridgehead atoms. The summed E-state index contributed by atoms with van der Waals surface area (Å²) >= 11 is 1.40. The number of nitrogens with one attached hydrogen (secondary N) is 1. The number of carbonyl (C=O) groups excluding carboxylic acids is 2. The zero-order valence-electron chi connectivity index (χ0n) is 20.6. The van der Waals surface area contributed by atoms with Crippen LogP contribution in [0.2, 0.25) is 0 Å². The van der Waals surface area contributed by atoms with E-state index in [2.05, 4.69) is 17.2 Å². The van der Waals surface area contributed by atoms with E-state index in [9.17, 15) is 9.59 Å². The van der Waals surface area contributed by atoms with Crippen LogP contribution in [0.15, 0.2) is 82.5 Å². The molecular formula is C28H24N6O3S. The molecule has 4 heterocycles. The van der Waals surface area contributed by atoms with Gasteiger partial charge in [0.1, 0.15) is 5.75 Å². The minimum absolute atomic E-state index is 0.0113. The van der Waals surface area contributed by atoms with E-state index in [1.54, 1.807) is 22.0 Å². The first-order chi connectivity index (χ1) is 18.6. The van der Waals surface area contributed by atoms with E-state index in [-0.39, 0.29) is 18.4 Å². The van der Waals surface area contributed by atoms with Crippen LogP contribution in [0.25, 0.3) is 11.3 Å². The van der Waals surface area contributed by atoms with Crippen molar-refractivity contribution in [3.8, 4) is 17.0 Å². The summed E-state index contributed by atoms with van der Waals surface area (Å²) in [7, 11) is 0. The highest BCUT2D eigenvalue weighted by atomic mass is 32.1. The van der Waals surface area contributed by atoms with Crippen molar-refractivity contribution in [1.29, 1.82) is 0 Å². The molecule has 0 radical (unpaired) electrons. The largest absolute Gasteiger partial charge is 0.482 e. The van der Waals surface area contributed by atoms with Gasteiger partial charge in [-0.05, 0) is 42.8 Å². The maximum absolute atomic E-state index is 13.6. The number of amides is 2. The molecule has 4 aromatic rings. The van der Waals surface area contributed by atoms with Gasteiger partial charge in [-0.3, -0.25) is 14.6 Å². The average Bonchev–Trinajstić information content (AvgIpc) is 3.45. The number of unbranched alkanes of at least 4 members (excludes halogenated alkanes) is 1. The van der Waals surface area contributed by atoms with Gasteiger partial charge in [-0.2, -0.15) is 5.10 Å². The molecule has 6 rings (SSSR count). The fraction of sp³-hybridized carbons (Fsp3) is 0.179. The molecule has 10 heteroatoms. The lowest BCUT2D eigenvalue weighted by Gasteiger charge is -2.18. The number of pyridine rings is 1. The minimum atomic E-state index is -0.208. The molecule has 0 spiro atoms. The molecule has 2 amide bonds. The molecule has 0 unspecified atom stereocenters. The number of hydrogen-bond donors (Lipinski definition) is 1. The molecule has 0 atom stereocenters. The van der Waals surface area contributed by atoms with Crippen LogP contribution < -0.4 is 19.8 Å². The number of carbonyl (C=O) groups is 2. The van der Waals surface area contributed by atoms with Crippen molar-refractivity contribution in [1.82, 2.24) is 9.66 Å². The van der Waals surface area contributed by atoms with Crippen LogP contribution in [-0.2, 0) is 9.59 Å². The predicted octanol–water partition coefficient (Wildman–Crippen LogP) is 4.57. The molecule has 0 fully saturated rings. The second-order valence-corrected chi connectivity index (χ2v) is 9.70. The number of thiazole rings is 1. The number of anilines is 2. The Bertz CT molecular complexity index is 1640. The first-order valence-corrected chi connectivity index (χ1v) is 13.2. The maximum atomic E-state index is 13.6. The normalized spacial score (nSPS) is 15.9. The summed E-state index contributed by atoms with van der Waals surface area (Å²) in [6, 6.07) is 17.0. The fourth-order valence-corrected chi connectivity index (χ4v) is 5.29. The van der Waals surface area contributed by atoms with Crippen molar-refractivity contribution < 1.29 is 14.3 Å². The molecule has 0 saturated carbocycles. The van der Waals surface area contributed by atoms with Crippen LogP contribution in [0.1, 0.15) is 25.3 Å². The number of benzene rings is 2. The summed E-state index contributed by atoms with van der Waals surface area (Å²) in [5.74, 6) is 0.261. The molecule has 2 aromatic carbocycles. The molecule has 2 aliphatic heterocycles. The van der Waals surface area contributed by atoms with Crippen LogP contribution in [0, 0.1) is 0 Å². The Morgan fingerprint density at radius 1 is 1.13 bits per heavy atom. The van der Waals surface area contributed by atoms with Crippen molar-refractivity contribution in [3.63, 3.8) is 0 Å². The SMILES string of the molecule is CCCCN1C(=O)C(=Nn2c(-c3ccc4c(c3)NC(=O)CO4)csc2=Nc2cccnc2)c2ccccc21. The Labute approximate surface area is 222 Å². The van der Waals surface area contributed by atoms with Crippen molar-refractivity contribution in [2.75, 3.05) is 23.4 Å². The van der Waals surface area contributed by atoms with Crippen molar-refractivity contribution in [2.45, 2.75) is 19.8 Å². The van der Waals surface area contributed by atoms with Crippen LogP contribution in [-0.4, -0.2) is 40.3 Å². The van der Waals surface area contributed by atoms with Crippen LogP contribution in [0.5, 0.6) is 5.75 Å². The van der Waals surface area contributed by atoms with Gasteiger partial charge in [0, 0.05) is 29.2 Å². The average molecular weight is 525 g/mol. The van der Waals surface area contributed by atoms with Crippen molar-refractivity contribution >= 4 is 45.9 Å². The third-order valence-corrected chi connectivity index (χ3v) is 7.11. The van der Waals surface area contributed by atoms with E-state index in [0.717, 1.165) is 35.3 Å². The number of rotatable bonds is 6. The zero-order chi connectivity index (χ0) is 26.1. The van der Waals surface area contributed by atoms with Crippen molar-refractivity contribution in [2.24, 2.45) is 10.1 Å². The van der Waals surface area contributed by atoms with Gasteiger partial charge in [-0.15, -0.1) is 11.3 Å². The Hall–Kier alpha value is -4.57. The number of nitrogens with zero attached hydrogens (tertiary/aromatic N) is 5. The summed E-state index contributed by atoms with van der Waals surface area (Å²) < 4.78 is 7.22. The molecule has 0 saturated heterocycles. The summed E-state index contributed by atoms with van der Waals surface area (Å²) in [5, 5.41) is 9.71. The number of hydrogen-bond acceptors (Lipinski definition) is 7. The zero-order valence-corrected chi connectivity index (χ0v) is 21.4. The van der Waals surface area contributed by atoms with Gasteiger partial charge >= 0.3 is 0 Å². The van der Waals surface area contributed by atoms with E-state index in [0.29, 0.717) is 34.2 Å². The van der Waals surface area contributed by atoms with Gasteiger partial charge in [0.2, 0.25) is 4.80 Å². The molecule has 1 N–H and O–H groups in total. The molecule has 0 aliphatic carbocycles. The van der Waals surface area contributed by atoms with E-state index in [1.165, 1.54) is 11.3 Å². The number of fused-ring (bicyclic) bond motifs is 2. The Morgan fingerprint density at radius 2 is 2.03 bits per heavy atom. The van der Waals surface area contributed by atoms with Gasteiger partial charge < -0.3 is 15.0 Å². The lowest BCUT2D eigenvalue weighted by molar-refractivity contribution is -0.118. The van der Waals surface area contributed by atoms with E-state index in [4.69, 9.17) is 14.8 Å². The Morgan fingerprint density at radius 3 is 2.87 bits per heavy atom. The fourth-order valence-electron chi connectivity index (χ4n) is 4.44. The number of para-hydroxylation sites is 1. The third kappa shape index (κ3) is 4.39. The summed E-state index contributed by atoms with van der Waals surface area (Å²) in [4.78, 5) is 36.8. The van der Waals surface area contributed by atoms with Crippen LogP contribution in [0.3, 0.4) is 0 Å². The smallest absolute Gasteiger partial charge is 0.279 e. The van der Waals surface area contributed by atoms with Crippen LogP contribution >= 0.6 is 11.3 Å². The number of ether oxygens (including phenoxy) is 1. The second kappa shape index (κ2) is 10.1. The quantitative estimate of drug-likeness (QED) is 0.399. The van der Waals surface area contributed by atoms with Gasteiger partial charge in [-0.25, -0.2) is 9.67 Å². The summed E-state index contributed by atoms with van der Waals surface area (Å²) in [6.07, 6.45) is 5.24. The Kier molecular flexibility index (Phi) is 6.30. The van der Waals surface area contributed by atoms with Gasteiger partial charge in [-0.1, -0.05) is 31.5 Å². The highest BCUT2D eigenvalue weighted by Gasteiger charge is 2.34. The summed E-state index contributed by atoms with van der Waals surface area (Å²) in [5.41, 5.74) is 4.79. The van der Waals surface area contributed by atoms with Gasteiger partial charge in [0.25, 0.3) is 11.8 Å². The molecule has 190 valence electrons. The third-order valence-electron chi connectivity index (χ3n) is 6.30. The monoisotopic (exact) mass is 524 g/mol. The molecule has 2 aromatic heterocycles. The maximum Gasteiger partial charge on any atom is 0.279 e. The Balaban J connectivity index is 1.52. The number of aromatic nitrogens is 2. The molecule has 38 heavy (non-hydrogen) atoms. The molecular weight excluding hydrogens is 500 g/mol. The van der Waals surface area contributed by atoms with E-state index >= 15 is 0 Å². The van der Waals surface area contributed by atoms with Crippen molar-refractivity contribution in [3.05, 3.63) is 82.7 Å². The molecule has 2 aliphatic rings. The molecule has 9 nitrogen and oxygen atoms in total. The second-order valence-electron chi connectivity index (χ2n) is 8.86. The highest BCUT2D eigenvalue weighted by Crippen LogP contribution is 2.34. The van der Waals surface area contributed by atoms with Gasteiger partial charge in [0.15, 0.2) is 12.3 Å². The standard InChI is InChI=1S/C28H24N6O3S/c1-2-3-13-33-22-9-5-4-8-20(22)26(27(33)36)32-34-23(17-38-28(34)30-19-7-6-12-29-15-19)18-10-11-24-21(14-18)31-25(35)16-37-24/h4-12,14-15,17H,2-3,13,16H2,1H3,(H,31,35).